The molecule has 1 unspecified atom stereocenters. The van der Waals surface area contributed by atoms with Crippen LogP contribution in [0.3, 0.4) is 0 Å². The number of carbonyl (C=O) groups excluding carboxylic acids is 2. The fourth-order valence-electron chi connectivity index (χ4n) is 7.23. The smallest absolute Gasteiger partial charge is 0.261 e. The number of para-hydroxylation sites is 1. The zero-order valence-corrected chi connectivity index (χ0v) is 26.7. The molecule has 3 saturated heterocycles. The summed E-state index contributed by atoms with van der Waals surface area (Å²) in [7, 11) is 3.12. The zero-order valence-electron chi connectivity index (χ0n) is 25.2. The van der Waals surface area contributed by atoms with E-state index in [2.05, 4.69) is 27.2 Å². The first-order valence-electron chi connectivity index (χ1n) is 15.1. The van der Waals surface area contributed by atoms with Crippen molar-refractivity contribution in [2.75, 3.05) is 58.5 Å². The minimum Gasteiger partial charge on any atom is -0.496 e. The van der Waals surface area contributed by atoms with Crippen LogP contribution in [0, 0.1) is 0 Å². The molecule has 6 rings (SSSR count). The van der Waals surface area contributed by atoms with Crippen LogP contribution in [0.5, 0.6) is 11.5 Å². The lowest BCUT2D eigenvalue weighted by molar-refractivity contribution is -0.125. The van der Waals surface area contributed by atoms with Crippen LogP contribution in [0.2, 0.25) is 10.0 Å². The van der Waals surface area contributed by atoms with Crippen molar-refractivity contribution >= 4 is 40.7 Å². The summed E-state index contributed by atoms with van der Waals surface area (Å²) in [6.45, 7) is 4.13. The molecule has 1 N–H and O–H groups in total. The summed E-state index contributed by atoms with van der Waals surface area (Å²) in [4.78, 5) is 33.7. The van der Waals surface area contributed by atoms with Gasteiger partial charge >= 0.3 is 0 Å². The van der Waals surface area contributed by atoms with Gasteiger partial charge in [-0.2, -0.15) is 0 Å². The molecule has 44 heavy (non-hydrogen) atoms. The van der Waals surface area contributed by atoms with Gasteiger partial charge in [0.05, 0.1) is 30.9 Å². The summed E-state index contributed by atoms with van der Waals surface area (Å²) < 4.78 is 11.1. The first kappa shape index (κ1) is 30.6. The maximum absolute atomic E-state index is 13.9. The number of nitrogens with zero attached hydrogens (tertiary/aromatic N) is 3. The van der Waals surface area contributed by atoms with E-state index in [9.17, 15) is 9.59 Å². The number of nitrogens with one attached hydrogen (secondary N) is 1. The summed E-state index contributed by atoms with van der Waals surface area (Å²) in [6.07, 6.45) is 3.13. The third-order valence-corrected chi connectivity index (χ3v) is 10.5. The van der Waals surface area contributed by atoms with E-state index >= 15 is 0 Å². The van der Waals surface area contributed by atoms with Gasteiger partial charge in [0, 0.05) is 37.3 Å². The van der Waals surface area contributed by atoms with Gasteiger partial charge in [-0.3, -0.25) is 9.59 Å². The van der Waals surface area contributed by atoms with Crippen molar-refractivity contribution in [3.63, 3.8) is 0 Å². The number of rotatable bonds is 8. The Hall–Kier alpha value is -3.46. The van der Waals surface area contributed by atoms with E-state index in [1.165, 1.54) is 0 Å². The summed E-state index contributed by atoms with van der Waals surface area (Å²) in [5.41, 5.74) is 1.74. The van der Waals surface area contributed by atoms with E-state index in [0.717, 1.165) is 56.6 Å². The first-order valence-corrected chi connectivity index (χ1v) is 15.8. The second-order valence-electron chi connectivity index (χ2n) is 12.0. The molecule has 3 aliphatic heterocycles. The number of halogens is 2. The largest absolute Gasteiger partial charge is 0.496 e. The summed E-state index contributed by atoms with van der Waals surface area (Å²) in [5, 5.41) is 4.11. The lowest BCUT2D eigenvalue weighted by atomic mass is 9.76. The second-order valence-corrected chi connectivity index (χ2v) is 12.8. The van der Waals surface area contributed by atoms with Gasteiger partial charge < -0.3 is 29.5 Å². The molecule has 3 aromatic carbocycles. The van der Waals surface area contributed by atoms with Crippen LogP contribution in [0.1, 0.15) is 41.6 Å². The molecular formula is C34H38Cl2N4O4. The standard InChI is InChI=1S/C34H38Cl2N4O4/c1-43-28-9-6-10-29(44-2)30(28)31(41)39-20-14-33(22-39,24-11-12-26(35)27(36)21-24)13-17-38-18-15-34(16-19-38)32(42)37-23-40(34)25-7-4-3-5-8-25/h3-12,21H,13-20,22-23H2,1-2H3,(H,37,42). The third-order valence-electron chi connectivity index (χ3n) is 9.81. The molecule has 3 heterocycles. The Bertz CT molecular complexity index is 1510. The highest BCUT2D eigenvalue weighted by Gasteiger charge is 2.50. The summed E-state index contributed by atoms with van der Waals surface area (Å²) in [5.74, 6) is 0.979. The normalized spacial score (nSPS) is 21.5. The van der Waals surface area contributed by atoms with E-state index < -0.39 is 5.54 Å². The van der Waals surface area contributed by atoms with E-state index in [1.807, 2.05) is 47.4 Å². The van der Waals surface area contributed by atoms with Gasteiger partial charge in [-0.05, 0) is 74.2 Å². The maximum atomic E-state index is 13.9. The minimum atomic E-state index is -0.524. The molecule has 0 saturated carbocycles. The molecule has 3 aliphatic rings. The van der Waals surface area contributed by atoms with Gasteiger partial charge in [-0.1, -0.05) is 53.5 Å². The van der Waals surface area contributed by atoms with Crippen LogP contribution in [0.15, 0.2) is 66.7 Å². The molecule has 3 fully saturated rings. The van der Waals surface area contributed by atoms with Gasteiger partial charge in [-0.15, -0.1) is 0 Å². The number of anilines is 1. The van der Waals surface area contributed by atoms with Gasteiger partial charge in [0.2, 0.25) is 5.91 Å². The molecule has 8 nitrogen and oxygen atoms in total. The van der Waals surface area contributed by atoms with Crippen molar-refractivity contribution in [1.29, 1.82) is 0 Å². The number of likely N-dealkylation sites (tertiary alicyclic amines) is 2. The number of amides is 2. The Morgan fingerprint density at radius 2 is 1.59 bits per heavy atom. The highest BCUT2D eigenvalue weighted by atomic mass is 35.5. The van der Waals surface area contributed by atoms with Crippen LogP contribution in [-0.4, -0.2) is 80.8 Å². The molecule has 0 radical (unpaired) electrons. The number of carbonyl (C=O) groups is 2. The highest BCUT2D eigenvalue weighted by Crippen LogP contribution is 2.43. The molecule has 10 heteroatoms. The molecule has 3 aromatic rings. The fraction of sp³-hybridized carbons (Fsp3) is 0.412. The highest BCUT2D eigenvalue weighted by molar-refractivity contribution is 6.42. The first-order chi connectivity index (χ1) is 21.3. The molecular weight excluding hydrogens is 599 g/mol. The van der Waals surface area contributed by atoms with Crippen LogP contribution in [-0.2, 0) is 10.2 Å². The number of methoxy groups -OCH3 is 2. The average Bonchev–Trinajstić information content (AvgIpc) is 3.63. The SMILES string of the molecule is COc1cccc(OC)c1C(=O)N1CCC(CCN2CCC3(CC2)C(=O)NCN3c2ccccc2)(c2ccc(Cl)c(Cl)c2)C1. The summed E-state index contributed by atoms with van der Waals surface area (Å²) in [6, 6.07) is 21.4. The number of hydrogen-bond donors (Lipinski definition) is 1. The Morgan fingerprint density at radius 1 is 0.886 bits per heavy atom. The second kappa shape index (κ2) is 12.5. The van der Waals surface area contributed by atoms with Gasteiger partial charge in [0.15, 0.2) is 0 Å². The quantitative estimate of drug-likeness (QED) is 0.346. The number of ether oxygens (including phenoxy) is 2. The van der Waals surface area contributed by atoms with E-state index in [0.29, 0.717) is 46.9 Å². The van der Waals surface area contributed by atoms with Crippen molar-refractivity contribution in [2.24, 2.45) is 0 Å². The summed E-state index contributed by atoms with van der Waals surface area (Å²) >= 11 is 12.8. The Labute approximate surface area is 268 Å². The van der Waals surface area contributed by atoms with Gasteiger partial charge in [-0.25, -0.2) is 0 Å². The number of hydrogen-bond acceptors (Lipinski definition) is 6. The van der Waals surface area contributed by atoms with Crippen molar-refractivity contribution in [1.82, 2.24) is 15.1 Å². The topological polar surface area (TPSA) is 74.3 Å². The molecule has 1 spiro atoms. The Kier molecular flexibility index (Phi) is 8.68. The number of piperidine rings is 1. The van der Waals surface area contributed by atoms with Crippen LogP contribution >= 0.6 is 23.2 Å². The predicted molar refractivity (Wildman–Crippen MR) is 173 cm³/mol. The molecule has 1 atom stereocenters. The minimum absolute atomic E-state index is 0.116. The monoisotopic (exact) mass is 636 g/mol. The lowest BCUT2D eigenvalue weighted by Gasteiger charge is -2.44. The molecule has 2 amide bonds. The Balaban J connectivity index is 1.20. The maximum Gasteiger partial charge on any atom is 0.261 e. The molecule has 0 bridgehead atoms. The van der Waals surface area contributed by atoms with Gasteiger partial charge in [0.25, 0.3) is 5.91 Å². The fourth-order valence-corrected chi connectivity index (χ4v) is 7.53. The van der Waals surface area contributed by atoms with E-state index in [1.54, 1.807) is 26.4 Å². The van der Waals surface area contributed by atoms with Crippen molar-refractivity contribution < 1.29 is 19.1 Å². The molecule has 0 aliphatic carbocycles. The molecule has 232 valence electrons. The predicted octanol–water partition coefficient (Wildman–Crippen LogP) is 5.61. The van der Waals surface area contributed by atoms with Crippen LogP contribution < -0.4 is 19.7 Å². The van der Waals surface area contributed by atoms with Gasteiger partial charge in [0.1, 0.15) is 22.6 Å². The lowest BCUT2D eigenvalue weighted by Crippen LogP contribution is -2.56. The van der Waals surface area contributed by atoms with Crippen molar-refractivity contribution in [2.45, 2.75) is 36.6 Å². The average molecular weight is 638 g/mol. The third kappa shape index (κ3) is 5.48. The molecule has 0 aromatic heterocycles. The zero-order chi connectivity index (χ0) is 30.9. The van der Waals surface area contributed by atoms with Crippen LogP contribution in [0.4, 0.5) is 5.69 Å². The van der Waals surface area contributed by atoms with Crippen molar-refractivity contribution in [3.8, 4) is 11.5 Å². The van der Waals surface area contributed by atoms with Crippen LogP contribution in [0.25, 0.3) is 0 Å². The Morgan fingerprint density at radius 3 is 2.25 bits per heavy atom. The van der Waals surface area contributed by atoms with Crippen molar-refractivity contribution in [3.05, 3.63) is 87.9 Å². The van der Waals surface area contributed by atoms with E-state index in [-0.39, 0.29) is 17.2 Å². The number of benzene rings is 3. The van der Waals surface area contributed by atoms with E-state index in [4.69, 9.17) is 32.7 Å².